The molecule has 3 rings (SSSR count). The SMILES string of the molecule is B[C@@H]1c2cccnc2CC12CCN(C)CC2. The van der Waals surface area contributed by atoms with Crippen LogP contribution in [0.5, 0.6) is 0 Å². The Morgan fingerprint density at radius 1 is 1.44 bits per heavy atom. The van der Waals surface area contributed by atoms with Gasteiger partial charge in [0.05, 0.1) is 0 Å². The normalized spacial score (nSPS) is 28.2. The number of pyridine rings is 1. The Morgan fingerprint density at radius 2 is 2.19 bits per heavy atom. The Hall–Kier alpha value is -0.825. The van der Waals surface area contributed by atoms with Gasteiger partial charge in [-0.25, -0.2) is 0 Å². The van der Waals surface area contributed by atoms with Crippen molar-refractivity contribution in [3.8, 4) is 0 Å². The van der Waals surface area contributed by atoms with Crippen LogP contribution in [0.3, 0.4) is 0 Å². The third-order valence-electron chi connectivity index (χ3n) is 4.81. The zero-order chi connectivity index (χ0) is 11.2. The van der Waals surface area contributed by atoms with E-state index in [9.17, 15) is 0 Å². The van der Waals surface area contributed by atoms with Crippen molar-refractivity contribution in [1.29, 1.82) is 0 Å². The summed E-state index contributed by atoms with van der Waals surface area (Å²) in [7, 11) is 4.64. The number of hydrogen-bond donors (Lipinski definition) is 0. The van der Waals surface area contributed by atoms with Gasteiger partial charge in [-0.05, 0) is 62.3 Å². The highest BCUT2D eigenvalue weighted by molar-refractivity contribution is 6.13. The molecule has 1 saturated heterocycles. The summed E-state index contributed by atoms with van der Waals surface area (Å²) in [4.78, 5) is 7.02. The summed E-state index contributed by atoms with van der Waals surface area (Å²) in [5.41, 5.74) is 3.38. The highest BCUT2D eigenvalue weighted by Crippen LogP contribution is 2.50. The van der Waals surface area contributed by atoms with Crippen molar-refractivity contribution in [1.82, 2.24) is 9.88 Å². The molecular formula is C13H19BN2. The number of piperidine rings is 1. The van der Waals surface area contributed by atoms with Crippen LogP contribution in [0.25, 0.3) is 0 Å². The van der Waals surface area contributed by atoms with Gasteiger partial charge in [-0.3, -0.25) is 4.98 Å². The Kier molecular flexibility index (Phi) is 2.32. The van der Waals surface area contributed by atoms with Gasteiger partial charge in [0.1, 0.15) is 7.85 Å². The summed E-state index contributed by atoms with van der Waals surface area (Å²) < 4.78 is 0. The summed E-state index contributed by atoms with van der Waals surface area (Å²) in [5.74, 6) is 0.699. The van der Waals surface area contributed by atoms with Crippen LogP contribution in [-0.2, 0) is 6.42 Å². The van der Waals surface area contributed by atoms with Crippen molar-refractivity contribution in [3.05, 3.63) is 29.6 Å². The predicted octanol–water partition coefficient (Wildman–Crippen LogP) is 1.02. The van der Waals surface area contributed by atoms with Gasteiger partial charge in [-0.2, -0.15) is 0 Å². The minimum absolute atomic E-state index is 0.517. The highest BCUT2D eigenvalue weighted by Gasteiger charge is 2.44. The smallest absolute Gasteiger partial charge is 0.111 e. The second-order valence-electron chi connectivity index (χ2n) is 5.60. The standard InChI is InChI=1S/C13H19BN2/c1-16-7-4-13(5-8-16)9-11-10(12(13)14)3-2-6-15-11/h2-3,6,12H,4-5,7-9,14H2,1H3/t12-/m1/s1. The van der Waals surface area contributed by atoms with Gasteiger partial charge in [0.2, 0.25) is 0 Å². The molecule has 3 heteroatoms. The molecule has 16 heavy (non-hydrogen) atoms. The van der Waals surface area contributed by atoms with Gasteiger partial charge in [0.15, 0.2) is 0 Å². The first-order valence-electron chi connectivity index (χ1n) is 6.34. The summed E-state index contributed by atoms with van der Waals surface area (Å²) in [6, 6.07) is 4.36. The molecule has 1 aliphatic carbocycles. The molecule has 1 fully saturated rings. The van der Waals surface area contributed by atoms with Crippen LogP contribution in [0.4, 0.5) is 0 Å². The maximum Gasteiger partial charge on any atom is 0.111 e. The van der Waals surface area contributed by atoms with E-state index in [2.05, 4.69) is 36.9 Å². The minimum Gasteiger partial charge on any atom is -0.306 e. The number of hydrogen-bond acceptors (Lipinski definition) is 2. The Balaban J connectivity index is 1.91. The monoisotopic (exact) mass is 214 g/mol. The molecule has 0 unspecified atom stereocenters. The highest BCUT2D eigenvalue weighted by atomic mass is 15.1. The summed E-state index contributed by atoms with van der Waals surface area (Å²) >= 11 is 0. The topological polar surface area (TPSA) is 16.1 Å². The lowest BCUT2D eigenvalue weighted by molar-refractivity contribution is 0.126. The molecule has 1 spiro atoms. The molecular weight excluding hydrogens is 195 g/mol. The molecule has 0 bridgehead atoms. The van der Waals surface area contributed by atoms with Crippen LogP contribution in [0.1, 0.15) is 29.9 Å². The Bertz CT molecular complexity index is 397. The molecule has 0 aromatic carbocycles. The number of likely N-dealkylation sites (tertiary alicyclic amines) is 1. The van der Waals surface area contributed by atoms with Gasteiger partial charge in [0.25, 0.3) is 0 Å². The Labute approximate surface area is 98.5 Å². The fraction of sp³-hybridized carbons (Fsp3) is 0.615. The molecule has 2 heterocycles. The van der Waals surface area contributed by atoms with E-state index in [0.29, 0.717) is 11.2 Å². The van der Waals surface area contributed by atoms with Crippen molar-refractivity contribution in [2.45, 2.75) is 25.1 Å². The van der Waals surface area contributed by atoms with E-state index in [1.54, 1.807) is 0 Å². The lowest BCUT2D eigenvalue weighted by Gasteiger charge is -2.41. The Morgan fingerprint density at radius 3 is 2.88 bits per heavy atom. The second kappa shape index (κ2) is 3.59. The summed E-state index contributed by atoms with van der Waals surface area (Å²) in [6.45, 7) is 2.50. The van der Waals surface area contributed by atoms with Crippen molar-refractivity contribution in [2.75, 3.05) is 20.1 Å². The number of fused-ring (bicyclic) bond motifs is 1. The average molecular weight is 214 g/mol. The van der Waals surface area contributed by atoms with Crippen LogP contribution in [-0.4, -0.2) is 37.9 Å². The van der Waals surface area contributed by atoms with Crippen molar-refractivity contribution >= 4 is 7.85 Å². The van der Waals surface area contributed by atoms with E-state index in [4.69, 9.17) is 0 Å². The fourth-order valence-electron chi connectivity index (χ4n) is 3.48. The van der Waals surface area contributed by atoms with Gasteiger partial charge in [0, 0.05) is 11.9 Å². The molecule has 0 radical (unpaired) electrons. The summed E-state index contributed by atoms with van der Waals surface area (Å²) in [6.07, 6.45) is 5.82. The minimum atomic E-state index is 0.517. The quantitative estimate of drug-likeness (QED) is 0.599. The van der Waals surface area contributed by atoms with E-state index >= 15 is 0 Å². The zero-order valence-corrected chi connectivity index (χ0v) is 10.2. The van der Waals surface area contributed by atoms with E-state index < -0.39 is 0 Å². The number of nitrogens with zero attached hydrogens (tertiary/aromatic N) is 2. The van der Waals surface area contributed by atoms with Crippen LogP contribution in [0.15, 0.2) is 18.3 Å². The first-order valence-corrected chi connectivity index (χ1v) is 6.34. The molecule has 1 aromatic rings. The molecule has 1 aliphatic heterocycles. The molecule has 0 N–H and O–H groups in total. The van der Waals surface area contributed by atoms with Crippen LogP contribution >= 0.6 is 0 Å². The molecule has 2 aliphatic rings. The van der Waals surface area contributed by atoms with Gasteiger partial charge >= 0.3 is 0 Å². The van der Waals surface area contributed by atoms with Crippen LogP contribution < -0.4 is 0 Å². The zero-order valence-electron chi connectivity index (χ0n) is 10.2. The third kappa shape index (κ3) is 1.41. The van der Waals surface area contributed by atoms with Crippen molar-refractivity contribution < 1.29 is 0 Å². The van der Waals surface area contributed by atoms with Gasteiger partial charge in [-0.1, -0.05) is 6.07 Å². The van der Waals surface area contributed by atoms with E-state index in [1.807, 2.05) is 6.20 Å². The van der Waals surface area contributed by atoms with E-state index in [1.165, 1.54) is 43.6 Å². The molecule has 0 amide bonds. The molecule has 2 nitrogen and oxygen atoms in total. The predicted molar refractivity (Wildman–Crippen MR) is 68.4 cm³/mol. The van der Waals surface area contributed by atoms with Gasteiger partial charge in [-0.15, -0.1) is 0 Å². The maximum absolute atomic E-state index is 4.56. The maximum atomic E-state index is 4.56. The van der Waals surface area contributed by atoms with Gasteiger partial charge < -0.3 is 4.90 Å². The summed E-state index contributed by atoms with van der Waals surface area (Å²) in [5, 5.41) is 0. The average Bonchev–Trinajstić information content (AvgIpc) is 2.58. The first kappa shape index (κ1) is 10.3. The lowest BCUT2D eigenvalue weighted by Crippen LogP contribution is -2.40. The van der Waals surface area contributed by atoms with Crippen LogP contribution in [0, 0.1) is 5.41 Å². The van der Waals surface area contributed by atoms with E-state index in [-0.39, 0.29) is 0 Å². The lowest BCUT2D eigenvalue weighted by atomic mass is 9.61. The molecule has 1 aromatic heterocycles. The van der Waals surface area contributed by atoms with E-state index in [0.717, 1.165) is 0 Å². The van der Waals surface area contributed by atoms with Crippen molar-refractivity contribution in [2.24, 2.45) is 5.41 Å². The fourth-order valence-corrected chi connectivity index (χ4v) is 3.48. The molecule has 1 atom stereocenters. The third-order valence-corrected chi connectivity index (χ3v) is 4.81. The first-order chi connectivity index (χ1) is 7.71. The molecule has 84 valence electrons. The molecule has 0 saturated carbocycles. The second-order valence-corrected chi connectivity index (χ2v) is 5.60. The number of rotatable bonds is 0. The van der Waals surface area contributed by atoms with Crippen molar-refractivity contribution in [3.63, 3.8) is 0 Å². The van der Waals surface area contributed by atoms with Crippen LogP contribution in [0.2, 0.25) is 0 Å². The largest absolute Gasteiger partial charge is 0.306 e. The number of aromatic nitrogens is 1.